The van der Waals surface area contributed by atoms with E-state index in [0.717, 1.165) is 17.7 Å². The first kappa shape index (κ1) is 11.5. The third kappa shape index (κ3) is 2.70. The second kappa shape index (κ2) is 5.36. The molecule has 4 nitrogen and oxygen atoms in total. The number of nitrogen functional groups attached to an aromatic ring is 1. The number of hydrogen-bond donors (Lipinski definition) is 2. The van der Waals surface area contributed by atoms with Gasteiger partial charge in [0.05, 0.1) is 17.9 Å². The average Bonchev–Trinajstić information content (AvgIpc) is 2.28. The first-order valence-corrected chi connectivity index (χ1v) is 4.99. The largest absolute Gasteiger partial charge is 0.462 e. The van der Waals surface area contributed by atoms with Crippen molar-refractivity contribution in [1.82, 2.24) is 0 Å². The maximum Gasteiger partial charge on any atom is 0.338 e. The lowest BCUT2D eigenvalue weighted by Crippen LogP contribution is -2.11. The van der Waals surface area contributed by atoms with Crippen molar-refractivity contribution >= 4 is 11.7 Å². The molecule has 0 bridgehead atoms. The van der Waals surface area contributed by atoms with Gasteiger partial charge in [-0.05, 0) is 37.1 Å². The average molecular weight is 208 g/mol. The van der Waals surface area contributed by atoms with Gasteiger partial charge in [-0.1, -0.05) is 6.92 Å². The fraction of sp³-hybridized carbons (Fsp3) is 0.364. The van der Waals surface area contributed by atoms with Crippen molar-refractivity contribution in [2.45, 2.75) is 20.3 Å². The van der Waals surface area contributed by atoms with Crippen molar-refractivity contribution in [2.75, 3.05) is 12.0 Å². The third-order valence-corrected chi connectivity index (χ3v) is 2.15. The zero-order chi connectivity index (χ0) is 11.3. The van der Waals surface area contributed by atoms with Crippen molar-refractivity contribution < 1.29 is 9.53 Å². The van der Waals surface area contributed by atoms with E-state index in [1.807, 2.05) is 6.92 Å². The standard InChI is InChI=1S/C11H16N2O2/c1-3-8-7-9(11(14)15-4-2)5-6-10(8)13-12/h5-7,13H,3-4,12H2,1-2H3. The summed E-state index contributed by atoms with van der Waals surface area (Å²) in [6.45, 7) is 4.18. The lowest BCUT2D eigenvalue weighted by molar-refractivity contribution is 0.0526. The molecule has 0 unspecified atom stereocenters. The van der Waals surface area contributed by atoms with Crippen LogP contribution >= 0.6 is 0 Å². The molecule has 0 radical (unpaired) electrons. The number of nitrogens with two attached hydrogens (primary N) is 1. The lowest BCUT2D eigenvalue weighted by Gasteiger charge is -2.09. The minimum absolute atomic E-state index is 0.296. The molecule has 0 spiro atoms. The van der Waals surface area contributed by atoms with Gasteiger partial charge in [0, 0.05) is 0 Å². The number of carbonyl (C=O) groups excluding carboxylic acids is 1. The van der Waals surface area contributed by atoms with Gasteiger partial charge in [-0.2, -0.15) is 0 Å². The minimum Gasteiger partial charge on any atom is -0.462 e. The maximum atomic E-state index is 11.4. The van der Waals surface area contributed by atoms with E-state index < -0.39 is 0 Å². The number of benzene rings is 1. The van der Waals surface area contributed by atoms with Gasteiger partial charge in [-0.3, -0.25) is 5.84 Å². The van der Waals surface area contributed by atoms with Crippen LogP contribution in [0.25, 0.3) is 0 Å². The number of carbonyl (C=O) groups is 1. The number of hydrogen-bond acceptors (Lipinski definition) is 4. The van der Waals surface area contributed by atoms with E-state index in [4.69, 9.17) is 10.6 Å². The molecular weight excluding hydrogens is 192 g/mol. The van der Waals surface area contributed by atoms with Gasteiger partial charge in [0.15, 0.2) is 0 Å². The van der Waals surface area contributed by atoms with Crippen LogP contribution in [0.15, 0.2) is 18.2 Å². The normalized spacial score (nSPS) is 9.80. The molecule has 0 saturated carbocycles. The van der Waals surface area contributed by atoms with E-state index in [9.17, 15) is 4.79 Å². The summed E-state index contributed by atoms with van der Waals surface area (Å²) in [6, 6.07) is 5.28. The molecule has 1 aromatic carbocycles. The van der Waals surface area contributed by atoms with Crippen molar-refractivity contribution in [2.24, 2.45) is 5.84 Å². The van der Waals surface area contributed by atoms with Gasteiger partial charge in [-0.15, -0.1) is 0 Å². The SMILES string of the molecule is CCOC(=O)c1ccc(NN)c(CC)c1. The summed E-state index contributed by atoms with van der Waals surface area (Å²) in [6.07, 6.45) is 0.812. The molecule has 0 heterocycles. The molecule has 0 aliphatic heterocycles. The van der Waals surface area contributed by atoms with Crippen molar-refractivity contribution in [3.63, 3.8) is 0 Å². The lowest BCUT2D eigenvalue weighted by atomic mass is 10.1. The number of rotatable bonds is 4. The van der Waals surface area contributed by atoms with E-state index in [-0.39, 0.29) is 5.97 Å². The van der Waals surface area contributed by atoms with Crippen molar-refractivity contribution in [3.05, 3.63) is 29.3 Å². The molecule has 0 aromatic heterocycles. The Hall–Kier alpha value is -1.55. The first-order valence-electron chi connectivity index (χ1n) is 4.99. The van der Waals surface area contributed by atoms with Crippen molar-refractivity contribution in [3.8, 4) is 0 Å². The van der Waals surface area contributed by atoms with Crippen LogP contribution in [0.1, 0.15) is 29.8 Å². The summed E-state index contributed by atoms with van der Waals surface area (Å²) in [4.78, 5) is 11.4. The predicted octanol–water partition coefficient (Wildman–Crippen LogP) is 1.71. The molecule has 0 aliphatic rings. The molecular formula is C11H16N2O2. The van der Waals surface area contributed by atoms with E-state index >= 15 is 0 Å². The summed E-state index contributed by atoms with van der Waals surface area (Å²) in [7, 11) is 0. The molecule has 82 valence electrons. The molecule has 4 heteroatoms. The van der Waals surface area contributed by atoms with Crippen LogP contribution in [0, 0.1) is 0 Å². The molecule has 0 aliphatic carbocycles. The van der Waals surface area contributed by atoms with Gasteiger partial charge in [-0.25, -0.2) is 4.79 Å². The van der Waals surface area contributed by atoms with Crippen LogP contribution in [0.5, 0.6) is 0 Å². The Kier molecular flexibility index (Phi) is 4.12. The monoisotopic (exact) mass is 208 g/mol. The van der Waals surface area contributed by atoms with E-state index in [1.54, 1.807) is 25.1 Å². The number of ether oxygens (including phenoxy) is 1. The van der Waals surface area contributed by atoms with Gasteiger partial charge >= 0.3 is 5.97 Å². The van der Waals surface area contributed by atoms with Gasteiger partial charge in [0.25, 0.3) is 0 Å². The molecule has 3 N–H and O–H groups in total. The number of anilines is 1. The van der Waals surface area contributed by atoms with E-state index in [1.165, 1.54) is 0 Å². The van der Waals surface area contributed by atoms with Gasteiger partial charge in [0.1, 0.15) is 0 Å². The van der Waals surface area contributed by atoms with Crippen LogP contribution in [-0.4, -0.2) is 12.6 Å². The molecule has 15 heavy (non-hydrogen) atoms. The molecule has 1 rings (SSSR count). The van der Waals surface area contributed by atoms with Crippen molar-refractivity contribution in [1.29, 1.82) is 0 Å². The molecule has 0 saturated heterocycles. The first-order chi connectivity index (χ1) is 7.22. The second-order valence-electron chi connectivity index (χ2n) is 3.09. The summed E-state index contributed by atoms with van der Waals surface area (Å²) in [5, 5.41) is 0. The molecule has 0 fully saturated rings. The highest BCUT2D eigenvalue weighted by atomic mass is 16.5. The minimum atomic E-state index is -0.296. The summed E-state index contributed by atoms with van der Waals surface area (Å²) >= 11 is 0. The smallest absolute Gasteiger partial charge is 0.338 e. The Morgan fingerprint density at radius 2 is 2.20 bits per heavy atom. The summed E-state index contributed by atoms with van der Waals surface area (Å²) < 4.78 is 4.91. The van der Waals surface area contributed by atoms with E-state index in [0.29, 0.717) is 12.2 Å². The Morgan fingerprint density at radius 1 is 1.47 bits per heavy atom. The topological polar surface area (TPSA) is 64.3 Å². The Morgan fingerprint density at radius 3 is 2.73 bits per heavy atom. The van der Waals surface area contributed by atoms with Crippen LogP contribution in [0.2, 0.25) is 0 Å². The Bertz CT molecular complexity index is 350. The fourth-order valence-electron chi connectivity index (χ4n) is 1.37. The van der Waals surface area contributed by atoms with E-state index in [2.05, 4.69) is 5.43 Å². The van der Waals surface area contributed by atoms with Gasteiger partial charge < -0.3 is 10.2 Å². The highest BCUT2D eigenvalue weighted by Gasteiger charge is 2.08. The number of nitrogens with one attached hydrogen (secondary N) is 1. The quantitative estimate of drug-likeness (QED) is 0.449. The maximum absolute atomic E-state index is 11.4. The highest BCUT2D eigenvalue weighted by molar-refractivity contribution is 5.90. The highest BCUT2D eigenvalue weighted by Crippen LogP contribution is 2.17. The van der Waals surface area contributed by atoms with Crippen LogP contribution in [0.3, 0.4) is 0 Å². The number of esters is 1. The number of aryl methyl sites for hydroxylation is 1. The molecule has 1 aromatic rings. The fourth-order valence-corrected chi connectivity index (χ4v) is 1.37. The predicted molar refractivity (Wildman–Crippen MR) is 59.6 cm³/mol. The van der Waals surface area contributed by atoms with Gasteiger partial charge in [0.2, 0.25) is 0 Å². The number of hydrazine groups is 1. The summed E-state index contributed by atoms with van der Waals surface area (Å²) in [5.74, 6) is 5.05. The van der Waals surface area contributed by atoms with Crippen LogP contribution < -0.4 is 11.3 Å². The molecule has 0 atom stereocenters. The Labute approximate surface area is 89.4 Å². The zero-order valence-corrected chi connectivity index (χ0v) is 9.04. The second-order valence-corrected chi connectivity index (χ2v) is 3.09. The third-order valence-electron chi connectivity index (χ3n) is 2.15. The van der Waals surface area contributed by atoms with Crippen LogP contribution in [-0.2, 0) is 11.2 Å². The zero-order valence-electron chi connectivity index (χ0n) is 9.04. The summed E-state index contributed by atoms with van der Waals surface area (Å²) in [5.41, 5.74) is 5.00. The Balaban J connectivity index is 2.97. The van der Waals surface area contributed by atoms with Crippen LogP contribution in [0.4, 0.5) is 5.69 Å². The molecule has 0 amide bonds.